The van der Waals surface area contributed by atoms with Gasteiger partial charge in [-0.25, -0.2) is 0 Å². The molecule has 1 aromatic carbocycles. The predicted octanol–water partition coefficient (Wildman–Crippen LogP) is 2.08. The van der Waals surface area contributed by atoms with Gasteiger partial charge in [-0.1, -0.05) is 30.3 Å². The van der Waals surface area contributed by atoms with Crippen LogP contribution >= 0.6 is 0 Å². The van der Waals surface area contributed by atoms with Crippen LogP contribution in [0.2, 0.25) is 0 Å². The van der Waals surface area contributed by atoms with Crippen LogP contribution < -0.4 is 0 Å². The minimum absolute atomic E-state index is 0. The van der Waals surface area contributed by atoms with Crippen LogP contribution in [0.4, 0.5) is 4.70 Å². The molecule has 122 valence electrons. The maximum atomic E-state index is 12.4. The summed E-state index contributed by atoms with van der Waals surface area (Å²) in [4.78, 5) is 14.8. The van der Waals surface area contributed by atoms with E-state index in [0.29, 0.717) is 12.1 Å². The summed E-state index contributed by atoms with van der Waals surface area (Å²) in [6, 6.07) is 10.5. The summed E-state index contributed by atoms with van der Waals surface area (Å²) in [7, 11) is 2.17. The second-order valence-corrected chi connectivity index (χ2v) is 6.23. The summed E-state index contributed by atoms with van der Waals surface area (Å²) >= 11 is 0. The molecule has 2 bridgehead atoms. The van der Waals surface area contributed by atoms with E-state index in [1.807, 2.05) is 30.3 Å². The molecular weight excluding hydrogens is 285 g/mol. The van der Waals surface area contributed by atoms with E-state index in [4.69, 9.17) is 4.74 Å². The Hall–Kier alpha value is -1.46. The van der Waals surface area contributed by atoms with Crippen LogP contribution in [-0.2, 0) is 9.53 Å². The molecule has 1 unspecified atom stereocenters. The molecular formula is C17H24FNO3. The van der Waals surface area contributed by atoms with E-state index in [2.05, 4.69) is 11.9 Å². The predicted molar refractivity (Wildman–Crippen MR) is 82.5 cm³/mol. The van der Waals surface area contributed by atoms with Crippen LogP contribution in [0.3, 0.4) is 0 Å². The molecule has 1 N–H and O–H groups in total. The average molecular weight is 309 g/mol. The number of ether oxygens (including phenoxy) is 1. The van der Waals surface area contributed by atoms with E-state index in [9.17, 15) is 9.90 Å². The summed E-state index contributed by atoms with van der Waals surface area (Å²) in [5.41, 5.74) is 0.820. The third-order valence-corrected chi connectivity index (χ3v) is 5.01. The number of hydrogen-bond donors (Lipinski definition) is 1. The van der Waals surface area contributed by atoms with Crippen LogP contribution in [0.15, 0.2) is 30.3 Å². The van der Waals surface area contributed by atoms with Crippen molar-refractivity contribution < 1.29 is 19.3 Å². The minimum Gasteiger partial charge on any atom is -0.462 e. The molecule has 2 heterocycles. The number of halogens is 1. The lowest BCUT2D eigenvalue weighted by Crippen LogP contribution is -2.43. The standard InChI is InChI=1S/C17H23NO3.FH/c1-18-13-7-8-14(18)10-15(9-13)21-17(20)16(11-19)12-5-3-2-4-6-12;/h2-6,13-16,19H,7-11H2,1H3;1H/t13-,14+,15+,16?;. The zero-order valence-electron chi connectivity index (χ0n) is 12.9. The topological polar surface area (TPSA) is 49.8 Å². The molecule has 4 atom stereocenters. The first-order chi connectivity index (χ1) is 10.2. The van der Waals surface area contributed by atoms with Gasteiger partial charge in [-0.2, -0.15) is 0 Å². The van der Waals surface area contributed by atoms with E-state index in [1.54, 1.807) is 0 Å². The van der Waals surface area contributed by atoms with Crippen LogP contribution in [-0.4, -0.2) is 47.8 Å². The maximum absolute atomic E-state index is 12.4. The molecule has 2 aliphatic heterocycles. The highest BCUT2D eigenvalue weighted by Crippen LogP contribution is 2.36. The smallest absolute Gasteiger partial charge is 0.316 e. The third kappa shape index (κ3) is 3.31. The Balaban J connectivity index is 0.00000176. The Bertz CT molecular complexity index is 482. The molecule has 3 rings (SSSR count). The SMILES string of the molecule is CN1[C@@H]2CC[C@H]1C[C@@H](OC(=O)C(CO)c1ccccc1)C2.F. The number of rotatable bonds is 4. The zero-order chi connectivity index (χ0) is 14.8. The van der Waals surface area contributed by atoms with Gasteiger partial charge in [0, 0.05) is 12.1 Å². The van der Waals surface area contributed by atoms with Crippen molar-refractivity contribution in [3.8, 4) is 0 Å². The van der Waals surface area contributed by atoms with Gasteiger partial charge in [0.15, 0.2) is 0 Å². The minimum atomic E-state index is -0.566. The quantitative estimate of drug-likeness (QED) is 0.865. The third-order valence-electron chi connectivity index (χ3n) is 5.01. The van der Waals surface area contributed by atoms with E-state index < -0.39 is 5.92 Å². The second kappa shape index (κ2) is 7.20. The number of nitrogens with zero attached hydrogens (tertiary/aromatic N) is 1. The number of aliphatic hydroxyl groups is 1. The molecule has 0 amide bonds. The highest BCUT2D eigenvalue weighted by Gasteiger charge is 2.40. The molecule has 0 saturated carbocycles. The van der Waals surface area contributed by atoms with E-state index in [0.717, 1.165) is 18.4 Å². The summed E-state index contributed by atoms with van der Waals surface area (Å²) in [5, 5.41) is 9.53. The van der Waals surface area contributed by atoms with E-state index in [-0.39, 0.29) is 23.4 Å². The fourth-order valence-corrected chi connectivity index (χ4v) is 3.71. The molecule has 2 saturated heterocycles. The fourth-order valence-electron chi connectivity index (χ4n) is 3.71. The van der Waals surface area contributed by atoms with Gasteiger partial charge in [0.2, 0.25) is 0 Å². The summed E-state index contributed by atoms with van der Waals surface area (Å²) in [6.45, 7) is -0.206. The van der Waals surface area contributed by atoms with Gasteiger partial charge in [-0.15, -0.1) is 0 Å². The van der Waals surface area contributed by atoms with Crippen molar-refractivity contribution in [2.75, 3.05) is 13.7 Å². The number of carbonyl (C=O) groups is 1. The van der Waals surface area contributed by atoms with Crippen LogP contribution in [0.5, 0.6) is 0 Å². The van der Waals surface area contributed by atoms with Crippen molar-refractivity contribution in [1.82, 2.24) is 4.90 Å². The lowest BCUT2D eigenvalue weighted by Gasteiger charge is -2.36. The molecule has 4 nitrogen and oxygen atoms in total. The van der Waals surface area contributed by atoms with Crippen molar-refractivity contribution in [3.05, 3.63) is 35.9 Å². The van der Waals surface area contributed by atoms with Crippen LogP contribution in [0.1, 0.15) is 37.2 Å². The van der Waals surface area contributed by atoms with Crippen LogP contribution in [0, 0.1) is 0 Å². The van der Waals surface area contributed by atoms with Crippen molar-refractivity contribution in [2.45, 2.75) is 49.8 Å². The van der Waals surface area contributed by atoms with Crippen molar-refractivity contribution in [2.24, 2.45) is 0 Å². The molecule has 0 aromatic heterocycles. The fraction of sp³-hybridized carbons (Fsp3) is 0.588. The van der Waals surface area contributed by atoms with Crippen molar-refractivity contribution in [1.29, 1.82) is 0 Å². The molecule has 2 fully saturated rings. The second-order valence-electron chi connectivity index (χ2n) is 6.23. The van der Waals surface area contributed by atoms with Gasteiger partial charge < -0.3 is 14.7 Å². The number of carbonyl (C=O) groups excluding carboxylic acids is 1. The first-order valence-corrected chi connectivity index (χ1v) is 7.77. The highest BCUT2D eigenvalue weighted by atomic mass is 19.0. The molecule has 1 aromatic rings. The Morgan fingerprint density at radius 3 is 2.41 bits per heavy atom. The molecule has 0 radical (unpaired) electrons. The number of hydrogen-bond acceptors (Lipinski definition) is 4. The number of benzene rings is 1. The maximum Gasteiger partial charge on any atom is 0.316 e. The summed E-state index contributed by atoms with van der Waals surface area (Å²) in [6.07, 6.45) is 4.26. The number of aliphatic hydroxyl groups excluding tert-OH is 1. The summed E-state index contributed by atoms with van der Waals surface area (Å²) in [5.74, 6) is -0.860. The Kier molecular flexibility index (Phi) is 5.53. The van der Waals surface area contributed by atoms with Gasteiger partial charge >= 0.3 is 5.97 Å². The first-order valence-electron chi connectivity index (χ1n) is 7.77. The van der Waals surface area contributed by atoms with Gasteiger partial charge in [0.05, 0.1) is 6.61 Å². The van der Waals surface area contributed by atoms with Crippen LogP contribution in [0.25, 0.3) is 0 Å². The number of piperidine rings is 1. The van der Waals surface area contributed by atoms with Gasteiger partial charge in [-0.3, -0.25) is 9.50 Å². The zero-order valence-corrected chi connectivity index (χ0v) is 12.9. The molecule has 22 heavy (non-hydrogen) atoms. The molecule has 2 aliphatic rings. The van der Waals surface area contributed by atoms with E-state index in [1.165, 1.54) is 12.8 Å². The Morgan fingerprint density at radius 1 is 1.27 bits per heavy atom. The first kappa shape index (κ1) is 16.9. The number of esters is 1. The average Bonchev–Trinajstić information content (AvgIpc) is 2.72. The van der Waals surface area contributed by atoms with E-state index >= 15 is 0 Å². The molecule has 0 spiro atoms. The highest BCUT2D eigenvalue weighted by molar-refractivity contribution is 5.78. The molecule has 5 heteroatoms. The normalized spacial score (nSPS) is 28.7. The van der Waals surface area contributed by atoms with Gasteiger partial charge in [0.1, 0.15) is 12.0 Å². The summed E-state index contributed by atoms with van der Waals surface area (Å²) < 4.78 is 5.70. The number of fused-ring (bicyclic) bond motifs is 2. The van der Waals surface area contributed by atoms with Gasteiger partial charge in [0.25, 0.3) is 0 Å². The lowest BCUT2D eigenvalue weighted by molar-refractivity contribution is -0.155. The lowest BCUT2D eigenvalue weighted by atomic mass is 9.98. The monoisotopic (exact) mass is 309 g/mol. The largest absolute Gasteiger partial charge is 0.462 e. The Labute approximate surface area is 130 Å². The van der Waals surface area contributed by atoms with Gasteiger partial charge in [-0.05, 0) is 38.3 Å². The Morgan fingerprint density at radius 2 is 1.86 bits per heavy atom. The van der Waals surface area contributed by atoms with Crippen molar-refractivity contribution >= 4 is 5.97 Å². The molecule has 0 aliphatic carbocycles. The van der Waals surface area contributed by atoms with Crippen molar-refractivity contribution in [3.63, 3.8) is 0 Å².